The van der Waals surface area contributed by atoms with Crippen LogP contribution in [-0.2, 0) is 0 Å². The molecule has 1 N–H and O–H groups in total. The molecule has 1 atom stereocenters. The highest BCUT2D eigenvalue weighted by molar-refractivity contribution is 5.60. The molecule has 24 heavy (non-hydrogen) atoms. The molecular formula is C22H23NO. The zero-order valence-electron chi connectivity index (χ0n) is 14.0. The molecule has 0 bridgehead atoms. The number of rotatable bonds is 7. The third-order valence-corrected chi connectivity index (χ3v) is 3.90. The summed E-state index contributed by atoms with van der Waals surface area (Å²) in [6.07, 6.45) is 2.17. The topological polar surface area (TPSA) is 21.3 Å². The fourth-order valence-electron chi connectivity index (χ4n) is 2.72. The van der Waals surface area contributed by atoms with Crippen molar-refractivity contribution in [2.75, 3.05) is 5.32 Å². The first kappa shape index (κ1) is 16.1. The summed E-state index contributed by atoms with van der Waals surface area (Å²) in [5.41, 5.74) is 3.32. The summed E-state index contributed by atoms with van der Waals surface area (Å²) in [7, 11) is 0. The van der Waals surface area contributed by atoms with Gasteiger partial charge >= 0.3 is 0 Å². The largest absolute Gasteiger partial charge is 0.486 e. The monoisotopic (exact) mass is 317 g/mol. The Bertz CT molecular complexity index is 740. The maximum absolute atomic E-state index is 6.28. The molecular weight excluding hydrogens is 294 g/mol. The first-order chi connectivity index (χ1) is 11.8. The van der Waals surface area contributed by atoms with Gasteiger partial charge in [-0.1, -0.05) is 67.9 Å². The molecule has 0 saturated carbocycles. The maximum atomic E-state index is 6.28. The Morgan fingerprint density at radius 1 is 0.792 bits per heavy atom. The van der Waals surface area contributed by atoms with Gasteiger partial charge in [-0.2, -0.15) is 0 Å². The van der Waals surface area contributed by atoms with Gasteiger partial charge in [-0.15, -0.1) is 0 Å². The van der Waals surface area contributed by atoms with E-state index in [1.54, 1.807) is 0 Å². The van der Waals surface area contributed by atoms with Crippen LogP contribution in [0, 0.1) is 0 Å². The van der Waals surface area contributed by atoms with E-state index in [9.17, 15) is 0 Å². The quantitative estimate of drug-likeness (QED) is 0.548. The van der Waals surface area contributed by atoms with E-state index in [2.05, 4.69) is 60.8 Å². The van der Waals surface area contributed by atoms with Crippen LogP contribution in [0.3, 0.4) is 0 Å². The van der Waals surface area contributed by atoms with Gasteiger partial charge in [-0.25, -0.2) is 0 Å². The molecule has 0 spiro atoms. The van der Waals surface area contributed by atoms with Gasteiger partial charge in [-0.05, 0) is 36.2 Å². The van der Waals surface area contributed by atoms with Crippen LogP contribution < -0.4 is 10.1 Å². The summed E-state index contributed by atoms with van der Waals surface area (Å²) in [6.45, 7) is 2.19. The number of hydrogen-bond acceptors (Lipinski definition) is 2. The van der Waals surface area contributed by atoms with E-state index in [0.29, 0.717) is 0 Å². The van der Waals surface area contributed by atoms with Crippen molar-refractivity contribution in [3.05, 3.63) is 90.5 Å². The molecule has 2 heteroatoms. The number of para-hydroxylation sites is 1. The lowest BCUT2D eigenvalue weighted by molar-refractivity contribution is 0.194. The summed E-state index contributed by atoms with van der Waals surface area (Å²) in [5, 5.41) is 3.41. The predicted octanol–water partition coefficient (Wildman–Crippen LogP) is 6.35. The second kappa shape index (κ2) is 8.21. The van der Waals surface area contributed by atoms with E-state index >= 15 is 0 Å². The summed E-state index contributed by atoms with van der Waals surface area (Å²) >= 11 is 0. The van der Waals surface area contributed by atoms with Crippen molar-refractivity contribution in [2.45, 2.75) is 25.9 Å². The van der Waals surface area contributed by atoms with Gasteiger partial charge in [0.25, 0.3) is 0 Å². The standard InChI is InChI=1S/C22H23NO/c1-2-10-22(18-11-5-3-6-12-18)24-21-16-9-15-20(17-21)23-19-13-7-4-8-14-19/h3-9,11-17,22-23H,2,10H2,1H3. The molecule has 0 radical (unpaired) electrons. The van der Waals surface area contributed by atoms with Gasteiger partial charge in [0.15, 0.2) is 0 Å². The van der Waals surface area contributed by atoms with Crippen molar-refractivity contribution in [2.24, 2.45) is 0 Å². The van der Waals surface area contributed by atoms with Crippen molar-refractivity contribution in [3.8, 4) is 5.75 Å². The molecule has 3 aromatic rings. The Hall–Kier alpha value is -2.74. The average molecular weight is 317 g/mol. The Kier molecular flexibility index (Phi) is 5.52. The number of anilines is 2. The number of ether oxygens (including phenoxy) is 1. The normalized spacial score (nSPS) is 11.7. The van der Waals surface area contributed by atoms with Gasteiger partial charge < -0.3 is 10.1 Å². The highest BCUT2D eigenvalue weighted by Crippen LogP contribution is 2.28. The lowest BCUT2D eigenvalue weighted by atomic mass is 10.1. The van der Waals surface area contributed by atoms with E-state index in [-0.39, 0.29) is 6.10 Å². The number of benzene rings is 3. The average Bonchev–Trinajstić information content (AvgIpc) is 2.63. The molecule has 0 fully saturated rings. The summed E-state index contributed by atoms with van der Waals surface area (Å²) in [5.74, 6) is 0.887. The van der Waals surface area contributed by atoms with E-state index in [1.807, 2.05) is 36.4 Å². The molecule has 0 aliphatic carbocycles. The molecule has 1 unspecified atom stereocenters. The molecule has 3 aromatic carbocycles. The van der Waals surface area contributed by atoms with Crippen molar-refractivity contribution in [3.63, 3.8) is 0 Å². The van der Waals surface area contributed by atoms with Gasteiger partial charge in [0.05, 0.1) is 0 Å². The number of nitrogens with one attached hydrogen (secondary N) is 1. The van der Waals surface area contributed by atoms with Crippen LogP contribution in [0.5, 0.6) is 5.75 Å². The van der Waals surface area contributed by atoms with Gasteiger partial charge in [0, 0.05) is 17.4 Å². The Morgan fingerprint density at radius 2 is 1.46 bits per heavy atom. The first-order valence-electron chi connectivity index (χ1n) is 8.49. The molecule has 122 valence electrons. The van der Waals surface area contributed by atoms with Crippen molar-refractivity contribution in [1.82, 2.24) is 0 Å². The van der Waals surface area contributed by atoms with E-state index in [1.165, 1.54) is 5.56 Å². The third-order valence-electron chi connectivity index (χ3n) is 3.90. The Labute approximate surface area is 144 Å². The maximum Gasteiger partial charge on any atom is 0.124 e. The molecule has 0 saturated heterocycles. The van der Waals surface area contributed by atoms with Gasteiger partial charge in [0.1, 0.15) is 11.9 Å². The highest BCUT2D eigenvalue weighted by Gasteiger charge is 2.12. The lowest BCUT2D eigenvalue weighted by Crippen LogP contribution is -2.07. The number of hydrogen-bond donors (Lipinski definition) is 1. The van der Waals surface area contributed by atoms with Crippen molar-refractivity contribution < 1.29 is 4.74 Å². The van der Waals surface area contributed by atoms with Crippen LogP contribution >= 0.6 is 0 Å². The highest BCUT2D eigenvalue weighted by atomic mass is 16.5. The van der Waals surface area contributed by atoms with Gasteiger partial charge in [0.2, 0.25) is 0 Å². The lowest BCUT2D eigenvalue weighted by Gasteiger charge is -2.19. The first-order valence-corrected chi connectivity index (χ1v) is 8.49. The zero-order valence-corrected chi connectivity index (χ0v) is 14.0. The van der Waals surface area contributed by atoms with Crippen molar-refractivity contribution in [1.29, 1.82) is 0 Å². The zero-order chi connectivity index (χ0) is 16.6. The van der Waals surface area contributed by atoms with E-state index < -0.39 is 0 Å². The molecule has 2 nitrogen and oxygen atoms in total. The summed E-state index contributed by atoms with van der Waals surface area (Å²) in [6, 6.07) is 28.7. The smallest absolute Gasteiger partial charge is 0.124 e. The third kappa shape index (κ3) is 4.39. The molecule has 0 aliphatic heterocycles. The molecule has 0 aromatic heterocycles. The SMILES string of the molecule is CCCC(Oc1cccc(Nc2ccccc2)c1)c1ccccc1. The van der Waals surface area contributed by atoms with Crippen LogP contribution in [0.2, 0.25) is 0 Å². The van der Waals surface area contributed by atoms with Crippen LogP contribution in [0.4, 0.5) is 11.4 Å². The van der Waals surface area contributed by atoms with Crippen LogP contribution in [0.15, 0.2) is 84.9 Å². The summed E-state index contributed by atoms with van der Waals surface area (Å²) in [4.78, 5) is 0. The predicted molar refractivity (Wildman–Crippen MR) is 101 cm³/mol. The minimum absolute atomic E-state index is 0.0863. The minimum Gasteiger partial charge on any atom is -0.486 e. The van der Waals surface area contributed by atoms with E-state index in [4.69, 9.17) is 4.74 Å². The molecule has 0 aliphatic rings. The molecule has 0 amide bonds. The van der Waals surface area contributed by atoms with Crippen LogP contribution in [0.1, 0.15) is 31.4 Å². The fraction of sp³-hybridized carbons (Fsp3) is 0.182. The summed E-state index contributed by atoms with van der Waals surface area (Å²) < 4.78 is 6.28. The van der Waals surface area contributed by atoms with Crippen LogP contribution in [0.25, 0.3) is 0 Å². The van der Waals surface area contributed by atoms with Crippen molar-refractivity contribution >= 4 is 11.4 Å². The second-order valence-electron chi connectivity index (χ2n) is 5.82. The van der Waals surface area contributed by atoms with E-state index in [0.717, 1.165) is 30.0 Å². The Balaban J connectivity index is 1.75. The molecule has 0 heterocycles. The molecule has 3 rings (SSSR count). The second-order valence-corrected chi connectivity index (χ2v) is 5.82. The fourth-order valence-corrected chi connectivity index (χ4v) is 2.72. The van der Waals surface area contributed by atoms with Gasteiger partial charge in [-0.3, -0.25) is 0 Å². The van der Waals surface area contributed by atoms with Crippen LogP contribution in [-0.4, -0.2) is 0 Å². The minimum atomic E-state index is 0.0863. The Morgan fingerprint density at radius 3 is 2.17 bits per heavy atom.